The molecule has 3 heteroatoms. The smallest absolute Gasteiger partial charge is 0.118 e. The number of fused-ring (bicyclic) bond motifs is 9. The van der Waals surface area contributed by atoms with Crippen molar-refractivity contribution in [3.05, 3.63) is 71.8 Å². The van der Waals surface area contributed by atoms with Gasteiger partial charge in [0.05, 0.1) is 0 Å². The molecule has 4 aromatic rings. The van der Waals surface area contributed by atoms with Crippen molar-refractivity contribution in [2.75, 3.05) is 0 Å². The number of epoxide rings is 1. The van der Waals surface area contributed by atoms with Crippen LogP contribution in [0.2, 0.25) is 0 Å². The van der Waals surface area contributed by atoms with Gasteiger partial charge in [0, 0.05) is 0 Å². The van der Waals surface area contributed by atoms with E-state index in [2.05, 4.69) is 48.5 Å². The van der Waals surface area contributed by atoms with Crippen molar-refractivity contribution >= 4 is 32.3 Å². The van der Waals surface area contributed by atoms with E-state index < -0.39 is 12.2 Å². The van der Waals surface area contributed by atoms with Crippen molar-refractivity contribution < 1.29 is 14.9 Å². The number of hydrogen-bond acceptors (Lipinski definition) is 3. The van der Waals surface area contributed by atoms with Gasteiger partial charge in [-0.25, -0.2) is 0 Å². The summed E-state index contributed by atoms with van der Waals surface area (Å²) in [6.45, 7) is 0. The van der Waals surface area contributed by atoms with Gasteiger partial charge in [-0.2, -0.15) is 0 Å². The molecule has 0 spiro atoms. The molecule has 0 radical (unpaired) electrons. The summed E-state index contributed by atoms with van der Waals surface area (Å²) in [6.07, 6.45) is -2.14. The van der Waals surface area contributed by atoms with Crippen LogP contribution in [0.1, 0.15) is 23.3 Å². The number of ether oxygens (including phenoxy) is 1. The lowest BCUT2D eigenvalue weighted by molar-refractivity contribution is 0.000109. The second kappa shape index (κ2) is 4.58. The molecule has 122 valence electrons. The van der Waals surface area contributed by atoms with Gasteiger partial charge in [0.1, 0.15) is 24.4 Å². The van der Waals surface area contributed by atoms with Crippen LogP contribution in [-0.4, -0.2) is 22.4 Å². The van der Waals surface area contributed by atoms with E-state index in [0.717, 1.165) is 21.9 Å². The molecule has 1 aliphatic carbocycles. The molecule has 2 aliphatic rings. The Morgan fingerprint density at radius 2 is 1.48 bits per heavy atom. The monoisotopic (exact) mass is 328 g/mol. The number of rotatable bonds is 0. The summed E-state index contributed by atoms with van der Waals surface area (Å²) in [6, 6.07) is 21.0. The number of benzene rings is 4. The Balaban J connectivity index is 1.80. The summed E-state index contributed by atoms with van der Waals surface area (Å²) in [5.74, 6) is 0. The molecule has 0 bridgehead atoms. The molecule has 6 rings (SSSR count). The molecule has 2 N–H and O–H groups in total. The largest absolute Gasteiger partial charge is 0.387 e. The van der Waals surface area contributed by atoms with Crippen molar-refractivity contribution in [1.82, 2.24) is 0 Å². The lowest BCUT2D eigenvalue weighted by Crippen LogP contribution is -2.29. The van der Waals surface area contributed by atoms with Crippen LogP contribution < -0.4 is 0 Å². The lowest BCUT2D eigenvalue weighted by Gasteiger charge is -2.25. The van der Waals surface area contributed by atoms with Gasteiger partial charge < -0.3 is 14.9 Å². The highest BCUT2D eigenvalue weighted by Gasteiger charge is 2.54. The van der Waals surface area contributed by atoms with Crippen LogP contribution in [0.3, 0.4) is 0 Å². The molecular formula is C22H16O3. The van der Waals surface area contributed by atoms with Gasteiger partial charge in [-0.05, 0) is 43.4 Å². The molecule has 1 fully saturated rings. The normalized spacial score (nSPS) is 27.4. The first-order valence-electron chi connectivity index (χ1n) is 8.62. The maximum atomic E-state index is 10.5. The average Bonchev–Trinajstić information content (AvgIpc) is 3.45. The Morgan fingerprint density at radius 3 is 2.40 bits per heavy atom. The van der Waals surface area contributed by atoms with E-state index in [1.54, 1.807) is 0 Å². The number of aliphatic hydroxyl groups is 2. The summed E-state index contributed by atoms with van der Waals surface area (Å²) in [5.41, 5.74) is 1.83. The Labute approximate surface area is 144 Å². The third-order valence-electron chi connectivity index (χ3n) is 5.77. The predicted octanol–water partition coefficient (Wildman–Crippen LogP) is 3.99. The molecule has 4 aromatic carbocycles. The standard InChI is InChI=1S/C22H16O3/c23-19-16-10-7-12-6-8-14-13-4-2-1-3-11(13)5-9-15(14)17(12)18(16)21-22(25-21)20(19)24/h1-10,19-24H/t19-,20+,21-,22+/m0/s1. The van der Waals surface area contributed by atoms with Crippen molar-refractivity contribution in [2.45, 2.75) is 24.4 Å². The van der Waals surface area contributed by atoms with Crippen LogP contribution in [-0.2, 0) is 4.74 Å². The molecule has 1 heterocycles. The van der Waals surface area contributed by atoms with Crippen LogP contribution >= 0.6 is 0 Å². The Bertz CT molecular complexity index is 1180. The highest BCUT2D eigenvalue weighted by molar-refractivity contribution is 6.18. The molecule has 0 aromatic heterocycles. The molecule has 1 aliphatic heterocycles. The molecule has 25 heavy (non-hydrogen) atoms. The van der Waals surface area contributed by atoms with E-state index in [1.165, 1.54) is 21.5 Å². The van der Waals surface area contributed by atoms with Crippen LogP contribution in [0, 0.1) is 0 Å². The maximum Gasteiger partial charge on any atom is 0.118 e. The van der Waals surface area contributed by atoms with Gasteiger partial charge in [-0.15, -0.1) is 0 Å². The zero-order valence-electron chi connectivity index (χ0n) is 13.4. The van der Waals surface area contributed by atoms with Crippen molar-refractivity contribution in [3.63, 3.8) is 0 Å². The topological polar surface area (TPSA) is 53.0 Å². The third kappa shape index (κ3) is 1.70. The summed E-state index contributed by atoms with van der Waals surface area (Å²) in [7, 11) is 0. The molecule has 0 amide bonds. The van der Waals surface area contributed by atoms with Crippen molar-refractivity contribution in [3.8, 4) is 0 Å². The SMILES string of the molecule is O[C@H]1[C@H]2O[C@H]2c2c(ccc3ccc4c5ccccc5ccc4c23)[C@@H]1O. The van der Waals surface area contributed by atoms with E-state index >= 15 is 0 Å². The minimum atomic E-state index is -0.890. The van der Waals surface area contributed by atoms with Gasteiger partial charge in [0.15, 0.2) is 0 Å². The maximum absolute atomic E-state index is 10.5. The van der Waals surface area contributed by atoms with E-state index in [1.807, 2.05) is 12.1 Å². The van der Waals surface area contributed by atoms with Gasteiger partial charge in [0.2, 0.25) is 0 Å². The first-order valence-corrected chi connectivity index (χ1v) is 8.62. The van der Waals surface area contributed by atoms with Gasteiger partial charge in [-0.3, -0.25) is 0 Å². The van der Waals surface area contributed by atoms with Crippen LogP contribution in [0.5, 0.6) is 0 Å². The highest BCUT2D eigenvalue weighted by Crippen LogP contribution is 2.53. The third-order valence-corrected chi connectivity index (χ3v) is 5.77. The highest BCUT2D eigenvalue weighted by atomic mass is 16.6. The van der Waals surface area contributed by atoms with Crippen LogP contribution in [0.4, 0.5) is 0 Å². The number of aliphatic hydroxyl groups excluding tert-OH is 2. The molecule has 0 unspecified atom stereocenters. The second-order valence-electron chi connectivity index (χ2n) is 7.07. The van der Waals surface area contributed by atoms with Gasteiger partial charge in [0.25, 0.3) is 0 Å². The van der Waals surface area contributed by atoms with Gasteiger partial charge in [-0.1, -0.05) is 60.7 Å². The lowest BCUT2D eigenvalue weighted by atomic mass is 9.82. The fourth-order valence-corrected chi connectivity index (χ4v) is 4.50. The first kappa shape index (κ1) is 13.8. The first-order chi connectivity index (χ1) is 12.2. The van der Waals surface area contributed by atoms with Crippen LogP contribution in [0.15, 0.2) is 60.7 Å². The average molecular weight is 328 g/mol. The Hall–Kier alpha value is -2.46. The molecule has 0 saturated carbocycles. The fraction of sp³-hybridized carbons (Fsp3) is 0.182. The minimum Gasteiger partial charge on any atom is -0.387 e. The van der Waals surface area contributed by atoms with Crippen molar-refractivity contribution in [2.24, 2.45) is 0 Å². The minimum absolute atomic E-state index is 0.117. The molecule has 3 nitrogen and oxygen atoms in total. The van der Waals surface area contributed by atoms with E-state index in [-0.39, 0.29) is 12.2 Å². The Kier molecular flexibility index (Phi) is 2.53. The van der Waals surface area contributed by atoms with Crippen LogP contribution in [0.25, 0.3) is 32.3 Å². The second-order valence-corrected chi connectivity index (χ2v) is 7.07. The summed E-state index contributed by atoms with van der Waals surface area (Å²) in [4.78, 5) is 0. The van der Waals surface area contributed by atoms with Gasteiger partial charge >= 0.3 is 0 Å². The van der Waals surface area contributed by atoms with E-state index in [0.29, 0.717) is 0 Å². The molecule has 1 saturated heterocycles. The summed E-state index contributed by atoms with van der Waals surface area (Å²) >= 11 is 0. The summed E-state index contributed by atoms with van der Waals surface area (Å²) < 4.78 is 5.72. The zero-order valence-corrected chi connectivity index (χ0v) is 13.4. The zero-order chi connectivity index (χ0) is 16.7. The van der Waals surface area contributed by atoms with E-state index in [9.17, 15) is 10.2 Å². The number of hydrogen-bond donors (Lipinski definition) is 2. The predicted molar refractivity (Wildman–Crippen MR) is 97.5 cm³/mol. The van der Waals surface area contributed by atoms with E-state index in [4.69, 9.17) is 4.74 Å². The summed E-state index contributed by atoms with van der Waals surface area (Å²) in [5, 5.41) is 27.8. The fourth-order valence-electron chi connectivity index (χ4n) is 4.50. The van der Waals surface area contributed by atoms with Crippen molar-refractivity contribution in [1.29, 1.82) is 0 Å². The Morgan fingerprint density at radius 1 is 0.720 bits per heavy atom. The quantitative estimate of drug-likeness (QED) is 0.379. The molecule has 4 atom stereocenters. The molecular weight excluding hydrogens is 312 g/mol.